The van der Waals surface area contributed by atoms with Gasteiger partial charge in [0.05, 0.1) is 7.11 Å². The molecule has 3 heteroatoms. The number of ketones is 1. The average molecular weight is 278 g/mol. The molecule has 3 nitrogen and oxygen atoms in total. The summed E-state index contributed by atoms with van der Waals surface area (Å²) >= 11 is 0. The molecule has 1 unspecified atom stereocenters. The molecule has 20 heavy (non-hydrogen) atoms. The molecular weight excluding hydrogens is 252 g/mol. The molecule has 0 bridgehead atoms. The van der Waals surface area contributed by atoms with Crippen molar-refractivity contribution in [2.75, 3.05) is 7.11 Å². The molecular formula is C17H26O3. The highest BCUT2D eigenvalue weighted by molar-refractivity contribution is 6.07. The molecule has 0 aliphatic heterocycles. The fraction of sp³-hybridized carbons (Fsp3) is 0.647. The van der Waals surface area contributed by atoms with Gasteiger partial charge in [0, 0.05) is 17.9 Å². The number of hydrogen-bond acceptors (Lipinski definition) is 3. The van der Waals surface area contributed by atoms with E-state index in [1.54, 1.807) is 6.08 Å². The first-order chi connectivity index (χ1) is 9.69. The van der Waals surface area contributed by atoms with Crippen molar-refractivity contribution in [3.05, 3.63) is 23.8 Å². The van der Waals surface area contributed by atoms with Crippen molar-refractivity contribution in [2.45, 2.75) is 58.3 Å². The summed E-state index contributed by atoms with van der Waals surface area (Å²) in [6, 6.07) is 0. The van der Waals surface area contributed by atoms with Gasteiger partial charge in [-0.2, -0.15) is 0 Å². The Labute approximate surface area is 122 Å². The Balaban J connectivity index is 2.26. The van der Waals surface area contributed by atoms with Gasteiger partial charge in [0.15, 0.2) is 5.78 Å². The van der Waals surface area contributed by atoms with Crippen LogP contribution < -0.4 is 0 Å². The molecule has 0 saturated carbocycles. The van der Waals surface area contributed by atoms with Gasteiger partial charge in [-0.25, -0.2) is 0 Å². The van der Waals surface area contributed by atoms with Crippen molar-refractivity contribution >= 4 is 11.8 Å². The highest BCUT2D eigenvalue weighted by atomic mass is 16.5. The second-order valence-corrected chi connectivity index (χ2v) is 5.31. The van der Waals surface area contributed by atoms with Crippen molar-refractivity contribution in [3.63, 3.8) is 0 Å². The summed E-state index contributed by atoms with van der Waals surface area (Å²) in [7, 11) is 1.42. The predicted octanol–water partition coefficient (Wildman–Crippen LogP) is 3.98. The molecule has 0 N–H and O–H groups in total. The van der Waals surface area contributed by atoms with E-state index in [0.717, 1.165) is 37.7 Å². The molecule has 0 radical (unpaired) electrons. The molecule has 0 saturated heterocycles. The van der Waals surface area contributed by atoms with E-state index in [1.165, 1.54) is 20.0 Å². The molecule has 0 aromatic carbocycles. The molecule has 1 aliphatic rings. The van der Waals surface area contributed by atoms with Crippen LogP contribution in [0.25, 0.3) is 0 Å². The highest BCUT2D eigenvalue weighted by Gasteiger charge is 2.21. The van der Waals surface area contributed by atoms with Crippen LogP contribution in [-0.4, -0.2) is 18.9 Å². The van der Waals surface area contributed by atoms with Gasteiger partial charge >= 0.3 is 5.97 Å². The van der Waals surface area contributed by atoms with Gasteiger partial charge in [0.2, 0.25) is 0 Å². The third-order valence-corrected chi connectivity index (χ3v) is 3.71. The van der Waals surface area contributed by atoms with E-state index in [0.29, 0.717) is 12.3 Å². The molecule has 0 spiro atoms. The number of methoxy groups -OCH3 is 1. The van der Waals surface area contributed by atoms with Gasteiger partial charge in [-0.15, -0.1) is 0 Å². The third-order valence-electron chi connectivity index (χ3n) is 3.71. The van der Waals surface area contributed by atoms with E-state index in [4.69, 9.17) is 0 Å². The molecule has 1 aliphatic carbocycles. The lowest BCUT2D eigenvalue weighted by Crippen LogP contribution is -2.03. The van der Waals surface area contributed by atoms with E-state index in [9.17, 15) is 9.59 Å². The zero-order valence-corrected chi connectivity index (χ0v) is 12.7. The van der Waals surface area contributed by atoms with Crippen LogP contribution in [-0.2, 0) is 14.3 Å². The second-order valence-electron chi connectivity index (χ2n) is 5.31. The van der Waals surface area contributed by atoms with Crippen LogP contribution in [0.3, 0.4) is 0 Å². The van der Waals surface area contributed by atoms with Crippen LogP contribution in [0.5, 0.6) is 0 Å². The molecule has 0 fully saturated rings. The van der Waals surface area contributed by atoms with Crippen molar-refractivity contribution < 1.29 is 14.3 Å². The molecule has 0 heterocycles. The zero-order chi connectivity index (χ0) is 14.8. The van der Waals surface area contributed by atoms with Gasteiger partial charge in [-0.3, -0.25) is 9.59 Å². The summed E-state index contributed by atoms with van der Waals surface area (Å²) in [4.78, 5) is 22.7. The highest BCUT2D eigenvalue weighted by Crippen LogP contribution is 2.27. The van der Waals surface area contributed by atoms with Crippen molar-refractivity contribution in [2.24, 2.45) is 5.92 Å². The summed E-state index contributed by atoms with van der Waals surface area (Å²) < 4.78 is 4.60. The lowest BCUT2D eigenvalue weighted by Gasteiger charge is -2.09. The van der Waals surface area contributed by atoms with Gasteiger partial charge in [0.25, 0.3) is 0 Å². The first-order valence-corrected chi connectivity index (χ1v) is 7.68. The van der Waals surface area contributed by atoms with Gasteiger partial charge in [-0.1, -0.05) is 38.3 Å². The molecule has 1 atom stereocenters. The second kappa shape index (κ2) is 9.51. The van der Waals surface area contributed by atoms with E-state index >= 15 is 0 Å². The number of hydrogen-bond donors (Lipinski definition) is 0. The SMILES string of the molecule is CCCCC1C=CC(=O)C1=CCCCCCC(=O)OC. The van der Waals surface area contributed by atoms with E-state index < -0.39 is 0 Å². The Hall–Kier alpha value is -1.38. The largest absolute Gasteiger partial charge is 0.469 e. The maximum absolute atomic E-state index is 11.8. The van der Waals surface area contributed by atoms with E-state index in [-0.39, 0.29) is 11.8 Å². The standard InChI is InChI=1S/C17H26O3/c1-3-4-9-14-12-13-16(18)15(14)10-7-5-6-8-11-17(19)20-2/h10,12-14H,3-9,11H2,1-2H3. The smallest absolute Gasteiger partial charge is 0.305 e. The van der Waals surface area contributed by atoms with E-state index in [1.807, 2.05) is 6.08 Å². The average Bonchev–Trinajstić information content (AvgIpc) is 2.80. The summed E-state index contributed by atoms with van der Waals surface area (Å²) in [5.74, 6) is 0.372. The maximum atomic E-state index is 11.8. The van der Waals surface area contributed by atoms with Crippen LogP contribution >= 0.6 is 0 Å². The number of ether oxygens (including phenoxy) is 1. The minimum Gasteiger partial charge on any atom is -0.469 e. The fourth-order valence-corrected chi connectivity index (χ4v) is 2.46. The lowest BCUT2D eigenvalue weighted by molar-refractivity contribution is -0.140. The first kappa shape index (κ1) is 16.7. The molecule has 0 amide bonds. The van der Waals surface area contributed by atoms with Gasteiger partial charge in [-0.05, 0) is 31.8 Å². The maximum Gasteiger partial charge on any atom is 0.305 e. The molecule has 0 aromatic heterocycles. The quantitative estimate of drug-likeness (QED) is 0.364. The minimum absolute atomic E-state index is 0.141. The Morgan fingerprint density at radius 1 is 1.30 bits per heavy atom. The number of rotatable bonds is 9. The Morgan fingerprint density at radius 2 is 2.10 bits per heavy atom. The number of carbonyl (C=O) groups is 2. The molecule has 1 rings (SSSR count). The summed E-state index contributed by atoms with van der Waals surface area (Å²) in [5.41, 5.74) is 0.978. The normalized spacial score (nSPS) is 19.8. The van der Waals surface area contributed by atoms with Crippen LogP contribution in [0.4, 0.5) is 0 Å². The van der Waals surface area contributed by atoms with Gasteiger partial charge < -0.3 is 4.74 Å². The van der Waals surface area contributed by atoms with Crippen LogP contribution in [0.15, 0.2) is 23.8 Å². The lowest BCUT2D eigenvalue weighted by atomic mass is 9.95. The summed E-state index contributed by atoms with van der Waals surface area (Å²) in [6.07, 6.45) is 13.6. The fourth-order valence-electron chi connectivity index (χ4n) is 2.46. The Bertz CT molecular complexity index is 380. The van der Waals surface area contributed by atoms with Crippen molar-refractivity contribution in [1.29, 1.82) is 0 Å². The minimum atomic E-state index is -0.141. The number of esters is 1. The monoisotopic (exact) mass is 278 g/mol. The number of unbranched alkanes of at least 4 members (excludes halogenated alkanes) is 4. The zero-order valence-electron chi connectivity index (χ0n) is 12.7. The van der Waals surface area contributed by atoms with E-state index in [2.05, 4.69) is 17.7 Å². The summed E-state index contributed by atoms with van der Waals surface area (Å²) in [5, 5.41) is 0. The number of carbonyl (C=O) groups excluding carboxylic acids is 2. The van der Waals surface area contributed by atoms with Crippen molar-refractivity contribution in [1.82, 2.24) is 0 Å². The third kappa shape index (κ3) is 5.72. The van der Waals surface area contributed by atoms with Crippen LogP contribution in [0, 0.1) is 5.92 Å². The van der Waals surface area contributed by atoms with Crippen LogP contribution in [0.2, 0.25) is 0 Å². The number of allylic oxidation sites excluding steroid dienone is 4. The topological polar surface area (TPSA) is 43.4 Å². The Kier molecular flexibility index (Phi) is 7.93. The predicted molar refractivity (Wildman–Crippen MR) is 80.3 cm³/mol. The first-order valence-electron chi connectivity index (χ1n) is 7.68. The van der Waals surface area contributed by atoms with Gasteiger partial charge in [0.1, 0.15) is 0 Å². The summed E-state index contributed by atoms with van der Waals surface area (Å²) in [6.45, 7) is 2.17. The van der Waals surface area contributed by atoms with Crippen molar-refractivity contribution in [3.8, 4) is 0 Å². The Morgan fingerprint density at radius 3 is 2.80 bits per heavy atom. The molecule has 112 valence electrons. The molecule has 0 aromatic rings. The van der Waals surface area contributed by atoms with Crippen LogP contribution in [0.1, 0.15) is 58.3 Å².